The average Bonchev–Trinajstić information content (AvgIpc) is 2.37. The average molecular weight is 246 g/mol. The van der Waals surface area contributed by atoms with Crippen LogP contribution in [0.3, 0.4) is 0 Å². The lowest BCUT2D eigenvalue weighted by atomic mass is 10.2. The second kappa shape index (κ2) is 4.96. The zero-order valence-electron chi connectivity index (χ0n) is 10.4. The molecule has 0 bridgehead atoms. The van der Waals surface area contributed by atoms with Gasteiger partial charge in [-0.1, -0.05) is 6.07 Å². The summed E-state index contributed by atoms with van der Waals surface area (Å²) in [4.78, 5) is 1.86. The van der Waals surface area contributed by atoms with Crippen molar-refractivity contribution in [2.45, 2.75) is 0 Å². The van der Waals surface area contributed by atoms with Crippen LogP contribution in [0, 0.1) is 5.82 Å². The largest absolute Gasteiger partial charge is 0.494 e. The van der Waals surface area contributed by atoms with Gasteiger partial charge in [-0.3, -0.25) is 0 Å². The Morgan fingerprint density at radius 3 is 2.44 bits per heavy atom. The van der Waals surface area contributed by atoms with Crippen LogP contribution in [0.2, 0.25) is 0 Å². The standard InChI is InChI=1S/C14H15FN2O/c1-17(11-5-3-4-10(16)8-11)12-6-7-14(18-2)13(15)9-12/h3-9H,16H2,1-2H3. The summed E-state index contributed by atoms with van der Waals surface area (Å²) in [7, 11) is 3.30. The molecule has 2 rings (SSSR count). The van der Waals surface area contributed by atoms with Crippen LogP contribution in [0.15, 0.2) is 42.5 Å². The molecule has 0 saturated carbocycles. The van der Waals surface area contributed by atoms with E-state index < -0.39 is 0 Å². The number of halogens is 1. The molecular formula is C14H15FN2O. The van der Waals surface area contributed by atoms with Crippen molar-refractivity contribution in [1.29, 1.82) is 0 Å². The van der Waals surface area contributed by atoms with Crippen molar-refractivity contribution >= 4 is 17.1 Å². The Bertz CT molecular complexity index is 557. The third kappa shape index (κ3) is 2.37. The molecule has 0 amide bonds. The number of benzene rings is 2. The van der Waals surface area contributed by atoms with Gasteiger partial charge in [0, 0.05) is 30.2 Å². The minimum atomic E-state index is -0.384. The predicted molar refractivity (Wildman–Crippen MR) is 71.9 cm³/mol. The van der Waals surface area contributed by atoms with Crippen LogP contribution >= 0.6 is 0 Å². The smallest absolute Gasteiger partial charge is 0.167 e. The molecule has 0 aromatic heterocycles. The maximum atomic E-state index is 13.6. The fraction of sp³-hybridized carbons (Fsp3) is 0.143. The SMILES string of the molecule is COc1ccc(N(C)c2cccc(N)c2)cc1F. The molecule has 2 aromatic carbocycles. The first kappa shape index (κ1) is 12.2. The summed E-state index contributed by atoms with van der Waals surface area (Å²) in [6, 6.07) is 12.3. The molecule has 0 heterocycles. The molecule has 2 N–H and O–H groups in total. The molecule has 2 aromatic rings. The fourth-order valence-corrected chi connectivity index (χ4v) is 1.75. The quantitative estimate of drug-likeness (QED) is 0.845. The van der Waals surface area contributed by atoms with Crippen LogP contribution in [0.5, 0.6) is 5.75 Å². The van der Waals surface area contributed by atoms with E-state index in [2.05, 4.69) is 0 Å². The summed E-state index contributed by atoms with van der Waals surface area (Å²) in [5, 5.41) is 0. The van der Waals surface area contributed by atoms with Crippen LogP contribution in [-0.2, 0) is 0 Å². The van der Waals surface area contributed by atoms with E-state index in [1.165, 1.54) is 13.2 Å². The highest BCUT2D eigenvalue weighted by Crippen LogP contribution is 2.28. The van der Waals surface area contributed by atoms with Gasteiger partial charge in [-0.2, -0.15) is 0 Å². The first-order valence-electron chi connectivity index (χ1n) is 5.54. The van der Waals surface area contributed by atoms with Crippen LogP contribution in [0.25, 0.3) is 0 Å². The lowest BCUT2D eigenvalue weighted by molar-refractivity contribution is 0.386. The Hall–Kier alpha value is -2.23. The Morgan fingerprint density at radius 2 is 1.83 bits per heavy atom. The molecule has 0 atom stereocenters. The molecule has 18 heavy (non-hydrogen) atoms. The van der Waals surface area contributed by atoms with Gasteiger partial charge >= 0.3 is 0 Å². The van der Waals surface area contributed by atoms with E-state index in [9.17, 15) is 4.39 Å². The Labute approximate surface area is 106 Å². The summed E-state index contributed by atoms with van der Waals surface area (Å²) in [6.07, 6.45) is 0. The van der Waals surface area contributed by atoms with Crippen molar-refractivity contribution in [2.24, 2.45) is 0 Å². The summed E-state index contributed by atoms with van der Waals surface area (Å²) in [6.45, 7) is 0. The van der Waals surface area contributed by atoms with Gasteiger partial charge < -0.3 is 15.4 Å². The van der Waals surface area contributed by atoms with E-state index in [0.717, 1.165) is 11.4 Å². The summed E-state index contributed by atoms with van der Waals surface area (Å²) < 4.78 is 18.5. The van der Waals surface area contributed by atoms with Crippen molar-refractivity contribution < 1.29 is 9.13 Å². The van der Waals surface area contributed by atoms with Gasteiger partial charge in [0.05, 0.1) is 7.11 Å². The molecule has 0 unspecified atom stereocenters. The van der Waals surface area contributed by atoms with E-state index in [1.54, 1.807) is 12.1 Å². The highest BCUT2D eigenvalue weighted by atomic mass is 19.1. The second-order valence-electron chi connectivity index (χ2n) is 3.97. The minimum Gasteiger partial charge on any atom is -0.494 e. The number of nitrogens with two attached hydrogens (primary N) is 1. The molecule has 3 nitrogen and oxygen atoms in total. The Balaban J connectivity index is 2.34. The lowest BCUT2D eigenvalue weighted by Gasteiger charge is -2.20. The topological polar surface area (TPSA) is 38.5 Å². The number of ether oxygens (including phenoxy) is 1. The molecule has 0 saturated heterocycles. The van der Waals surface area contributed by atoms with Crippen molar-refractivity contribution in [1.82, 2.24) is 0 Å². The maximum Gasteiger partial charge on any atom is 0.167 e. The number of hydrogen-bond acceptors (Lipinski definition) is 3. The first-order chi connectivity index (χ1) is 8.61. The van der Waals surface area contributed by atoms with Gasteiger partial charge in [0.2, 0.25) is 0 Å². The summed E-state index contributed by atoms with van der Waals surface area (Å²) in [5.41, 5.74) is 8.04. The van der Waals surface area contributed by atoms with Crippen LogP contribution in [0.1, 0.15) is 0 Å². The number of anilines is 3. The van der Waals surface area contributed by atoms with Crippen molar-refractivity contribution in [3.05, 3.63) is 48.3 Å². The number of methoxy groups -OCH3 is 1. The van der Waals surface area contributed by atoms with Crippen molar-refractivity contribution in [3.63, 3.8) is 0 Å². The molecule has 0 fully saturated rings. The number of rotatable bonds is 3. The monoisotopic (exact) mass is 246 g/mol. The molecule has 4 heteroatoms. The Morgan fingerprint density at radius 1 is 1.11 bits per heavy atom. The minimum absolute atomic E-state index is 0.236. The highest BCUT2D eigenvalue weighted by Gasteiger charge is 2.08. The predicted octanol–water partition coefficient (Wildman–Crippen LogP) is 3.18. The van der Waals surface area contributed by atoms with Gasteiger partial charge in [-0.25, -0.2) is 4.39 Å². The Kier molecular flexibility index (Phi) is 3.37. The maximum absolute atomic E-state index is 13.6. The number of hydrogen-bond donors (Lipinski definition) is 1. The molecule has 94 valence electrons. The third-order valence-electron chi connectivity index (χ3n) is 2.78. The van der Waals surface area contributed by atoms with Crippen LogP contribution < -0.4 is 15.4 Å². The van der Waals surface area contributed by atoms with E-state index in [-0.39, 0.29) is 11.6 Å². The van der Waals surface area contributed by atoms with E-state index in [4.69, 9.17) is 10.5 Å². The van der Waals surface area contributed by atoms with E-state index >= 15 is 0 Å². The summed E-state index contributed by atoms with van der Waals surface area (Å²) in [5.74, 6) is -0.148. The fourth-order valence-electron chi connectivity index (χ4n) is 1.75. The zero-order chi connectivity index (χ0) is 13.1. The normalized spacial score (nSPS) is 10.2. The van der Waals surface area contributed by atoms with Crippen LogP contribution in [-0.4, -0.2) is 14.2 Å². The molecule has 0 aliphatic heterocycles. The molecular weight excluding hydrogens is 231 g/mol. The second-order valence-corrected chi connectivity index (χ2v) is 3.97. The van der Waals surface area contributed by atoms with E-state index in [1.807, 2.05) is 36.2 Å². The zero-order valence-corrected chi connectivity index (χ0v) is 10.4. The summed E-state index contributed by atoms with van der Waals surface area (Å²) >= 11 is 0. The molecule has 0 spiro atoms. The molecule has 0 aliphatic rings. The van der Waals surface area contributed by atoms with Gasteiger partial charge in [0.1, 0.15) is 0 Å². The van der Waals surface area contributed by atoms with Gasteiger partial charge in [-0.15, -0.1) is 0 Å². The number of nitrogen functional groups attached to an aromatic ring is 1. The van der Waals surface area contributed by atoms with Gasteiger partial charge in [0.15, 0.2) is 11.6 Å². The molecule has 0 radical (unpaired) electrons. The van der Waals surface area contributed by atoms with Gasteiger partial charge in [-0.05, 0) is 30.3 Å². The molecule has 0 aliphatic carbocycles. The van der Waals surface area contributed by atoms with E-state index in [0.29, 0.717) is 5.69 Å². The van der Waals surface area contributed by atoms with Crippen molar-refractivity contribution in [2.75, 3.05) is 24.8 Å². The first-order valence-corrected chi connectivity index (χ1v) is 5.54. The van der Waals surface area contributed by atoms with Crippen molar-refractivity contribution in [3.8, 4) is 5.75 Å². The van der Waals surface area contributed by atoms with Gasteiger partial charge in [0.25, 0.3) is 0 Å². The highest BCUT2D eigenvalue weighted by molar-refractivity contribution is 5.66. The number of nitrogens with zero attached hydrogens (tertiary/aromatic N) is 1. The third-order valence-corrected chi connectivity index (χ3v) is 2.78. The van der Waals surface area contributed by atoms with Crippen LogP contribution in [0.4, 0.5) is 21.5 Å². The lowest BCUT2D eigenvalue weighted by Crippen LogP contribution is -2.10.